The van der Waals surface area contributed by atoms with Crippen LogP contribution in [0.3, 0.4) is 0 Å². The fraction of sp³-hybridized carbons (Fsp3) is 0.0476. The maximum Gasteiger partial charge on any atom is 0.264 e. The van der Waals surface area contributed by atoms with Crippen LogP contribution in [0.25, 0.3) is 17.4 Å². The van der Waals surface area contributed by atoms with Crippen LogP contribution in [-0.2, 0) is 4.79 Å². The zero-order valence-electron chi connectivity index (χ0n) is 14.7. The Morgan fingerprint density at radius 1 is 1.04 bits per heavy atom. The molecule has 28 heavy (non-hydrogen) atoms. The summed E-state index contributed by atoms with van der Waals surface area (Å²) in [5.74, 6) is 0.853. The van der Waals surface area contributed by atoms with Gasteiger partial charge in [0.1, 0.15) is 11.5 Å². The number of amides is 1. The first-order chi connectivity index (χ1) is 13.5. The van der Waals surface area contributed by atoms with Crippen LogP contribution in [0.2, 0.25) is 10.0 Å². The number of furan rings is 1. The Labute approximate surface area is 176 Å². The molecular weight excluding hydrogens is 415 g/mol. The van der Waals surface area contributed by atoms with Gasteiger partial charge in [-0.05, 0) is 54.6 Å². The molecule has 1 saturated heterocycles. The van der Waals surface area contributed by atoms with Crippen LogP contribution in [0.4, 0.5) is 5.69 Å². The van der Waals surface area contributed by atoms with Crippen molar-refractivity contribution in [2.45, 2.75) is 6.92 Å². The van der Waals surface area contributed by atoms with Crippen molar-refractivity contribution in [1.82, 2.24) is 5.32 Å². The molecule has 140 valence electrons. The Kier molecular flexibility index (Phi) is 5.31. The molecule has 0 aliphatic carbocycles. The average Bonchev–Trinajstić information content (AvgIpc) is 3.24. The lowest BCUT2D eigenvalue weighted by atomic mass is 10.2. The molecule has 1 N–H and O–H groups in total. The number of nitrogens with one attached hydrogen (secondary N) is 1. The highest BCUT2D eigenvalue weighted by Crippen LogP contribution is 2.36. The minimum absolute atomic E-state index is 0.217. The number of halogens is 2. The number of amidine groups is 1. The molecule has 1 aromatic heterocycles. The van der Waals surface area contributed by atoms with Gasteiger partial charge in [0.15, 0.2) is 5.17 Å². The van der Waals surface area contributed by atoms with E-state index in [1.54, 1.807) is 36.4 Å². The Hall–Kier alpha value is -2.47. The van der Waals surface area contributed by atoms with E-state index in [9.17, 15) is 4.79 Å². The normalized spacial score (nSPS) is 16.8. The predicted octanol–water partition coefficient (Wildman–Crippen LogP) is 6.45. The SMILES string of the molecule is Cc1ccccc1N=C1NC(=O)C(=Cc2ccc(-c3c(Cl)cccc3Cl)o2)S1. The first-order valence-electron chi connectivity index (χ1n) is 8.41. The van der Waals surface area contributed by atoms with E-state index in [2.05, 4.69) is 10.3 Å². The summed E-state index contributed by atoms with van der Waals surface area (Å²) in [6.07, 6.45) is 1.68. The minimum Gasteiger partial charge on any atom is -0.457 e. The number of rotatable bonds is 3. The summed E-state index contributed by atoms with van der Waals surface area (Å²) in [4.78, 5) is 17.3. The molecular formula is C21H14Cl2N2O2S. The van der Waals surface area contributed by atoms with Crippen LogP contribution >= 0.6 is 35.0 Å². The van der Waals surface area contributed by atoms with E-state index in [1.807, 2.05) is 31.2 Å². The van der Waals surface area contributed by atoms with Gasteiger partial charge in [-0.25, -0.2) is 4.99 Å². The Morgan fingerprint density at radius 3 is 2.54 bits per heavy atom. The van der Waals surface area contributed by atoms with Gasteiger partial charge in [0, 0.05) is 6.08 Å². The van der Waals surface area contributed by atoms with Gasteiger partial charge in [0.05, 0.1) is 26.2 Å². The van der Waals surface area contributed by atoms with E-state index < -0.39 is 0 Å². The Morgan fingerprint density at radius 2 is 1.79 bits per heavy atom. The number of benzene rings is 2. The summed E-state index contributed by atoms with van der Waals surface area (Å²) in [5, 5.41) is 4.32. The van der Waals surface area contributed by atoms with Gasteiger partial charge in [-0.2, -0.15) is 0 Å². The molecule has 1 amide bonds. The number of carbonyl (C=O) groups is 1. The largest absolute Gasteiger partial charge is 0.457 e. The first kappa shape index (κ1) is 18.9. The van der Waals surface area contributed by atoms with Gasteiger partial charge in [0.2, 0.25) is 0 Å². The monoisotopic (exact) mass is 428 g/mol. The van der Waals surface area contributed by atoms with Crippen LogP contribution in [0.1, 0.15) is 11.3 Å². The molecule has 1 fully saturated rings. The van der Waals surface area contributed by atoms with Crippen molar-refractivity contribution >= 4 is 57.8 Å². The smallest absolute Gasteiger partial charge is 0.264 e. The van der Waals surface area contributed by atoms with E-state index in [1.165, 1.54) is 11.8 Å². The third-order valence-electron chi connectivity index (χ3n) is 4.10. The second kappa shape index (κ2) is 7.87. The molecule has 0 bridgehead atoms. The van der Waals surface area contributed by atoms with Crippen LogP contribution in [0.5, 0.6) is 0 Å². The third kappa shape index (κ3) is 3.87. The van der Waals surface area contributed by atoms with Crippen molar-refractivity contribution in [1.29, 1.82) is 0 Å². The lowest BCUT2D eigenvalue weighted by Crippen LogP contribution is -2.19. The number of hydrogen-bond donors (Lipinski definition) is 1. The zero-order valence-corrected chi connectivity index (χ0v) is 17.0. The number of nitrogens with zero attached hydrogens (tertiary/aromatic N) is 1. The number of para-hydroxylation sites is 1. The molecule has 4 rings (SSSR count). The van der Waals surface area contributed by atoms with Gasteiger partial charge in [-0.15, -0.1) is 0 Å². The number of carbonyl (C=O) groups excluding carboxylic acids is 1. The molecule has 7 heteroatoms. The number of thioether (sulfide) groups is 1. The molecule has 0 spiro atoms. The summed E-state index contributed by atoms with van der Waals surface area (Å²) < 4.78 is 5.84. The maximum absolute atomic E-state index is 12.3. The number of hydrogen-bond acceptors (Lipinski definition) is 4. The lowest BCUT2D eigenvalue weighted by Gasteiger charge is -2.02. The second-order valence-corrected chi connectivity index (χ2v) is 7.91. The van der Waals surface area contributed by atoms with E-state index >= 15 is 0 Å². The van der Waals surface area contributed by atoms with E-state index in [0.717, 1.165) is 11.3 Å². The van der Waals surface area contributed by atoms with Crippen molar-refractivity contribution in [2.75, 3.05) is 0 Å². The summed E-state index contributed by atoms with van der Waals surface area (Å²) in [5.41, 5.74) is 2.48. The minimum atomic E-state index is -0.217. The third-order valence-corrected chi connectivity index (χ3v) is 5.64. The molecule has 2 heterocycles. The highest BCUT2D eigenvalue weighted by Gasteiger charge is 2.24. The fourth-order valence-electron chi connectivity index (χ4n) is 2.71. The lowest BCUT2D eigenvalue weighted by molar-refractivity contribution is -0.115. The predicted molar refractivity (Wildman–Crippen MR) is 116 cm³/mol. The van der Waals surface area contributed by atoms with Gasteiger partial charge < -0.3 is 9.73 Å². The average molecular weight is 429 g/mol. The number of aryl methyl sites for hydroxylation is 1. The van der Waals surface area contributed by atoms with Gasteiger partial charge >= 0.3 is 0 Å². The van der Waals surface area contributed by atoms with Crippen molar-refractivity contribution in [3.05, 3.63) is 80.9 Å². The molecule has 0 saturated carbocycles. The van der Waals surface area contributed by atoms with Crippen molar-refractivity contribution < 1.29 is 9.21 Å². The van der Waals surface area contributed by atoms with Crippen molar-refractivity contribution in [3.8, 4) is 11.3 Å². The zero-order chi connectivity index (χ0) is 19.7. The topological polar surface area (TPSA) is 54.6 Å². The fourth-order valence-corrected chi connectivity index (χ4v) is 4.10. The summed E-state index contributed by atoms with van der Waals surface area (Å²) >= 11 is 13.7. The second-order valence-electron chi connectivity index (χ2n) is 6.07. The van der Waals surface area contributed by atoms with Crippen molar-refractivity contribution in [3.63, 3.8) is 0 Å². The van der Waals surface area contributed by atoms with E-state index in [4.69, 9.17) is 27.6 Å². The van der Waals surface area contributed by atoms with Crippen LogP contribution in [-0.4, -0.2) is 11.1 Å². The van der Waals surface area contributed by atoms with Crippen LogP contribution in [0, 0.1) is 6.92 Å². The molecule has 3 aromatic rings. The molecule has 0 atom stereocenters. The molecule has 2 aromatic carbocycles. The number of aliphatic imine (C=N–C) groups is 1. The molecule has 0 unspecified atom stereocenters. The highest BCUT2D eigenvalue weighted by atomic mass is 35.5. The highest BCUT2D eigenvalue weighted by molar-refractivity contribution is 8.18. The summed E-state index contributed by atoms with van der Waals surface area (Å²) in [6, 6.07) is 16.6. The molecule has 4 nitrogen and oxygen atoms in total. The Balaban J connectivity index is 1.60. The van der Waals surface area contributed by atoms with E-state index in [-0.39, 0.29) is 5.91 Å². The van der Waals surface area contributed by atoms with Crippen LogP contribution in [0.15, 0.2) is 68.9 Å². The first-order valence-corrected chi connectivity index (χ1v) is 9.98. The van der Waals surface area contributed by atoms with Gasteiger partial charge in [-0.3, -0.25) is 4.79 Å². The Bertz CT molecular complexity index is 1110. The standard InChI is InChI=1S/C21H14Cl2N2O2S/c1-12-5-2-3-8-16(12)24-21-25-20(26)18(28-21)11-13-9-10-17(27-13)19-14(22)6-4-7-15(19)23/h2-11H,1H3,(H,24,25,26). The summed E-state index contributed by atoms with van der Waals surface area (Å²) in [7, 11) is 0. The van der Waals surface area contributed by atoms with Crippen LogP contribution < -0.4 is 5.32 Å². The molecule has 0 radical (unpaired) electrons. The molecule has 1 aliphatic heterocycles. The molecule has 1 aliphatic rings. The summed E-state index contributed by atoms with van der Waals surface area (Å²) in [6.45, 7) is 1.97. The van der Waals surface area contributed by atoms with Gasteiger partial charge in [-0.1, -0.05) is 47.5 Å². The van der Waals surface area contributed by atoms with Gasteiger partial charge in [0.25, 0.3) is 5.91 Å². The van der Waals surface area contributed by atoms with Crippen molar-refractivity contribution in [2.24, 2.45) is 4.99 Å². The quantitative estimate of drug-likeness (QED) is 0.487. The maximum atomic E-state index is 12.3. The van der Waals surface area contributed by atoms with E-state index in [0.29, 0.717) is 37.2 Å².